The molecular weight excluding hydrogens is 324 g/mol. The van der Waals surface area contributed by atoms with E-state index < -0.39 is 0 Å². The zero-order valence-corrected chi connectivity index (χ0v) is 13.3. The molecule has 2 aromatic rings. The predicted octanol–water partition coefficient (Wildman–Crippen LogP) is 3.98. The molecule has 1 N–H and O–H groups in total. The highest BCUT2D eigenvalue weighted by molar-refractivity contribution is 9.10. The average Bonchev–Trinajstić information content (AvgIpc) is 2.91. The molecule has 0 amide bonds. The summed E-state index contributed by atoms with van der Waals surface area (Å²) in [6, 6.07) is 6.19. The number of ether oxygens (including phenoxy) is 1. The maximum atomic E-state index is 5.74. The van der Waals surface area contributed by atoms with E-state index in [1.807, 2.05) is 11.4 Å². The van der Waals surface area contributed by atoms with Crippen LogP contribution in [0.2, 0.25) is 0 Å². The molecule has 102 valence electrons. The van der Waals surface area contributed by atoms with Crippen LogP contribution in [0.1, 0.15) is 23.9 Å². The summed E-state index contributed by atoms with van der Waals surface area (Å²) in [6.45, 7) is 4.61. The van der Waals surface area contributed by atoms with Crippen molar-refractivity contribution in [1.82, 2.24) is 10.3 Å². The van der Waals surface area contributed by atoms with Gasteiger partial charge in [0, 0.05) is 18.1 Å². The van der Waals surface area contributed by atoms with Crippen LogP contribution in [0, 0.1) is 0 Å². The van der Waals surface area contributed by atoms with E-state index in [1.165, 1.54) is 5.56 Å². The highest BCUT2D eigenvalue weighted by atomic mass is 79.9. The van der Waals surface area contributed by atoms with Gasteiger partial charge >= 0.3 is 0 Å². The first-order valence-electron chi connectivity index (χ1n) is 6.30. The van der Waals surface area contributed by atoms with Gasteiger partial charge in [0.2, 0.25) is 0 Å². The van der Waals surface area contributed by atoms with Crippen molar-refractivity contribution in [3.63, 3.8) is 0 Å². The first kappa shape index (κ1) is 14.5. The molecule has 1 heterocycles. The zero-order chi connectivity index (χ0) is 13.5. The molecule has 0 radical (unpaired) electrons. The summed E-state index contributed by atoms with van der Waals surface area (Å²) < 4.78 is 6.73. The third-order valence-corrected chi connectivity index (χ3v) is 3.96. The third kappa shape index (κ3) is 4.60. The van der Waals surface area contributed by atoms with Crippen molar-refractivity contribution in [2.45, 2.75) is 26.5 Å². The van der Waals surface area contributed by atoms with Crippen LogP contribution in [0.3, 0.4) is 0 Å². The predicted molar refractivity (Wildman–Crippen MR) is 82.6 cm³/mol. The molecule has 0 unspecified atom stereocenters. The van der Waals surface area contributed by atoms with E-state index >= 15 is 0 Å². The number of nitrogens with zero attached hydrogens (tertiary/aromatic N) is 1. The number of thiazole rings is 1. The molecule has 0 aliphatic heterocycles. The number of hydrogen-bond donors (Lipinski definition) is 1. The summed E-state index contributed by atoms with van der Waals surface area (Å²) in [5, 5.41) is 6.32. The first-order valence-corrected chi connectivity index (χ1v) is 7.97. The van der Waals surface area contributed by atoms with Crippen molar-refractivity contribution in [1.29, 1.82) is 0 Å². The molecule has 1 aromatic carbocycles. The second-order valence-corrected chi connectivity index (χ2v) is 5.99. The van der Waals surface area contributed by atoms with Crippen molar-refractivity contribution in [2.75, 3.05) is 6.54 Å². The molecule has 0 fully saturated rings. The summed E-state index contributed by atoms with van der Waals surface area (Å²) in [4.78, 5) is 4.20. The monoisotopic (exact) mass is 340 g/mol. The van der Waals surface area contributed by atoms with Gasteiger partial charge in [-0.3, -0.25) is 0 Å². The molecule has 0 spiro atoms. The second-order valence-electron chi connectivity index (χ2n) is 4.16. The lowest BCUT2D eigenvalue weighted by atomic mass is 10.2. The molecular formula is C14H17BrN2OS. The maximum Gasteiger partial charge on any atom is 0.140 e. The molecule has 19 heavy (non-hydrogen) atoms. The number of rotatable bonds is 7. The fourth-order valence-corrected chi connectivity index (χ4v) is 2.71. The quantitative estimate of drug-likeness (QED) is 0.774. The smallest absolute Gasteiger partial charge is 0.140 e. The van der Waals surface area contributed by atoms with Gasteiger partial charge in [-0.05, 0) is 46.6 Å². The standard InChI is InChI=1S/C14H17BrN2OS/c1-2-5-16-9-11-3-4-13(12(15)8-11)18-10-14-17-6-7-19-14/h3-4,6-8,16H,2,5,9-10H2,1H3. The van der Waals surface area contributed by atoms with E-state index in [1.54, 1.807) is 17.5 Å². The van der Waals surface area contributed by atoms with Gasteiger partial charge < -0.3 is 10.1 Å². The van der Waals surface area contributed by atoms with E-state index in [0.29, 0.717) is 6.61 Å². The topological polar surface area (TPSA) is 34.1 Å². The minimum absolute atomic E-state index is 0.518. The first-order chi connectivity index (χ1) is 9.29. The Kier molecular flexibility index (Phi) is 5.82. The van der Waals surface area contributed by atoms with E-state index in [9.17, 15) is 0 Å². The minimum Gasteiger partial charge on any atom is -0.485 e. The number of halogens is 1. The van der Waals surface area contributed by atoms with Gasteiger partial charge in [0.1, 0.15) is 17.4 Å². The molecule has 0 atom stereocenters. The second kappa shape index (κ2) is 7.62. The lowest BCUT2D eigenvalue weighted by Crippen LogP contribution is -2.13. The lowest BCUT2D eigenvalue weighted by Gasteiger charge is -2.09. The Balaban J connectivity index is 1.91. The molecule has 3 nitrogen and oxygen atoms in total. The van der Waals surface area contributed by atoms with Crippen LogP contribution in [0.5, 0.6) is 5.75 Å². The van der Waals surface area contributed by atoms with Gasteiger partial charge in [-0.1, -0.05) is 13.0 Å². The molecule has 0 bridgehead atoms. The Bertz CT molecular complexity index is 502. The van der Waals surface area contributed by atoms with E-state index in [0.717, 1.165) is 34.7 Å². The van der Waals surface area contributed by atoms with E-state index in [2.05, 4.69) is 45.3 Å². The van der Waals surface area contributed by atoms with Gasteiger partial charge in [0.15, 0.2) is 0 Å². The van der Waals surface area contributed by atoms with Crippen molar-refractivity contribution < 1.29 is 4.74 Å². The lowest BCUT2D eigenvalue weighted by molar-refractivity contribution is 0.303. The van der Waals surface area contributed by atoms with Gasteiger partial charge in [0.25, 0.3) is 0 Å². The van der Waals surface area contributed by atoms with Crippen molar-refractivity contribution in [2.24, 2.45) is 0 Å². The van der Waals surface area contributed by atoms with Crippen LogP contribution in [-0.2, 0) is 13.2 Å². The highest BCUT2D eigenvalue weighted by Gasteiger charge is 2.04. The highest BCUT2D eigenvalue weighted by Crippen LogP contribution is 2.27. The SMILES string of the molecule is CCCNCc1ccc(OCc2nccs2)c(Br)c1. The Hall–Kier alpha value is -0.910. The van der Waals surface area contributed by atoms with Gasteiger partial charge in [-0.2, -0.15) is 0 Å². The normalized spacial score (nSPS) is 10.6. The van der Waals surface area contributed by atoms with Crippen LogP contribution in [0.15, 0.2) is 34.2 Å². The molecule has 0 aliphatic rings. The summed E-state index contributed by atoms with van der Waals surface area (Å²) in [5.74, 6) is 0.856. The van der Waals surface area contributed by atoms with Crippen LogP contribution >= 0.6 is 27.3 Å². The van der Waals surface area contributed by atoms with Gasteiger partial charge in [-0.15, -0.1) is 11.3 Å². The Morgan fingerprint density at radius 1 is 1.42 bits per heavy atom. The van der Waals surface area contributed by atoms with Crippen molar-refractivity contribution in [3.8, 4) is 5.75 Å². The molecule has 1 aromatic heterocycles. The summed E-state index contributed by atoms with van der Waals surface area (Å²) >= 11 is 5.15. The molecule has 0 saturated carbocycles. The van der Waals surface area contributed by atoms with Gasteiger partial charge in [0.05, 0.1) is 4.47 Å². The number of hydrogen-bond acceptors (Lipinski definition) is 4. The van der Waals surface area contributed by atoms with Crippen molar-refractivity contribution in [3.05, 3.63) is 44.8 Å². The minimum atomic E-state index is 0.518. The summed E-state index contributed by atoms with van der Waals surface area (Å²) in [5.41, 5.74) is 1.25. The number of aromatic nitrogens is 1. The van der Waals surface area contributed by atoms with E-state index in [-0.39, 0.29) is 0 Å². The Labute approximate surface area is 126 Å². The zero-order valence-electron chi connectivity index (χ0n) is 10.9. The van der Waals surface area contributed by atoms with Gasteiger partial charge in [-0.25, -0.2) is 4.98 Å². The average molecular weight is 341 g/mol. The number of nitrogens with one attached hydrogen (secondary N) is 1. The third-order valence-electron chi connectivity index (χ3n) is 2.59. The van der Waals surface area contributed by atoms with Crippen molar-refractivity contribution >= 4 is 27.3 Å². The van der Waals surface area contributed by atoms with Crippen LogP contribution in [0.25, 0.3) is 0 Å². The largest absolute Gasteiger partial charge is 0.485 e. The molecule has 0 saturated heterocycles. The van der Waals surface area contributed by atoms with E-state index in [4.69, 9.17) is 4.74 Å². The van der Waals surface area contributed by atoms with Crippen LogP contribution < -0.4 is 10.1 Å². The fourth-order valence-electron chi connectivity index (χ4n) is 1.64. The maximum absolute atomic E-state index is 5.74. The molecule has 0 aliphatic carbocycles. The molecule has 5 heteroatoms. The fraction of sp³-hybridized carbons (Fsp3) is 0.357. The number of benzene rings is 1. The van der Waals surface area contributed by atoms with Crippen LogP contribution in [-0.4, -0.2) is 11.5 Å². The Morgan fingerprint density at radius 2 is 2.32 bits per heavy atom. The molecule has 2 rings (SSSR count). The summed E-state index contributed by atoms with van der Waals surface area (Å²) in [7, 11) is 0. The summed E-state index contributed by atoms with van der Waals surface area (Å²) in [6.07, 6.45) is 2.94. The van der Waals surface area contributed by atoms with Crippen LogP contribution in [0.4, 0.5) is 0 Å². The Morgan fingerprint density at radius 3 is 3.00 bits per heavy atom.